The van der Waals surface area contributed by atoms with E-state index in [2.05, 4.69) is 6.92 Å². The summed E-state index contributed by atoms with van der Waals surface area (Å²) in [5.74, 6) is 2.18. The molecule has 0 radical (unpaired) electrons. The topological polar surface area (TPSA) is 26.3 Å². The highest BCUT2D eigenvalue weighted by Crippen LogP contribution is 2.45. The molecule has 0 N–H and O–H groups in total. The van der Waals surface area contributed by atoms with Crippen molar-refractivity contribution in [2.45, 2.75) is 70.8 Å². The van der Waals surface area contributed by atoms with Crippen molar-refractivity contribution in [1.29, 1.82) is 0 Å². The Kier molecular flexibility index (Phi) is 3.63. The quantitative estimate of drug-likeness (QED) is 0.659. The van der Waals surface area contributed by atoms with Gasteiger partial charge in [0.2, 0.25) is 0 Å². The SMILES string of the molecule is C[C@@H]1C2CCCCC2OC(=O)[C@@H]1C1CCCCC1. The predicted molar refractivity (Wildman–Crippen MR) is 71.1 cm³/mol. The molecule has 0 amide bonds. The van der Waals surface area contributed by atoms with Crippen molar-refractivity contribution < 1.29 is 9.53 Å². The number of carbonyl (C=O) groups excluding carboxylic acids is 1. The first kappa shape index (κ1) is 12.5. The highest BCUT2D eigenvalue weighted by atomic mass is 16.5. The lowest BCUT2D eigenvalue weighted by Crippen LogP contribution is -2.48. The van der Waals surface area contributed by atoms with E-state index in [1.54, 1.807) is 0 Å². The highest BCUT2D eigenvalue weighted by molar-refractivity contribution is 5.74. The molecule has 102 valence electrons. The summed E-state index contributed by atoms with van der Waals surface area (Å²) in [5.41, 5.74) is 0. The Hall–Kier alpha value is -0.530. The molecule has 0 aromatic rings. The van der Waals surface area contributed by atoms with Gasteiger partial charge in [-0.15, -0.1) is 0 Å². The van der Waals surface area contributed by atoms with Crippen LogP contribution in [0.4, 0.5) is 0 Å². The maximum Gasteiger partial charge on any atom is 0.309 e. The van der Waals surface area contributed by atoms with Gasteiger partial charge in [-0.1, -0.05) is 32.6 Å². The molecule has 3 rings (SSSR count). The van der Waals surface area contributed by atoms with Gasteiger partial charge < -0.3 is 4.74 Å². The molecule has 0 aromatic heterocycles. The minimum absolute atomic E-state index is 0.137. The lowest BCUT2D eigenvalue weighted by atomic mass is 9.65. The molecule has 2 unspecified atom stereocenters. The van der Waals surface area contributed by atoms with E-state index in [0.29, 0.717) is 17.8 Å². The summed E-state index contributed by atoms with van der Waals surface area (Å²) in [6.45, 7) is 2.32. The molecule has 1 heterocycles. The summed E-state index contributed by atoms with van der Waals surface area (Å²) in [7, 11) is 0. The number of hydrogen-bond acceptors (Lipinski definition) is 2. The van der Waals surface area contributed by atoms with E-state index in [0.717, 1.165) is 6.42 Å². The zero-order chi connectivity index (χ0) is 12.5. The minimum Gasteiger partial charge on any atom is -0.462 e. The van der Waals surface area contributed by atoms with Gasteiger partial charge in [-0.05, 0) is 49.9 Å². The molecule has 1 saturated heterocycles. The predicted octanol–water partition coefficient (Wildman–Crippen LogP) is 3.93. The molecule has 4 atom stereocenters. The first-order chi connectivity index (χ1) is 8.77. The van der Waals surface area contributed by atoms with Crippen LogP contribution >= 0.6 is 0 Å². The van der Waals surface area contributed by atoms with E-state index in [4.69, 9.17) is 4.74 Å². The molecule has 0 aromatic carbocycles. The molecule has 2 heteroatoms. The van der Waals surface area contributed by atoms with Crippen molar-refractivity contribution in [3.63, 3.8) is 0 Å². The van der Waals surface area contributed by atoms with Gasteiger partial charge >= 0.3 is 5.97 Å². The van der Waals surface area contributed by atoms with Gasteiger partial charge in [0.15, 0.2) is 0 Å². The summed E-state index contributed by atoms with van der Waals surface area (Å²) < 4.78 is 5.79. The van der Waals surface area contributed by atoms with Gasteiger partial charge in [0.1, 0.15) is 6.10 Å². The maximum atomic E-state index is 12.3. The van der Waals surface area contributed by atoms with Gasteiger partial charge in [-0.2, -0.15) is 0 Å². The number of hydrogen-bond donors (Lipinski definition) is 0. The number of fused-ring (bicyclic) bond motifs is 1. The van der Waals surface area contributed by atoms with E-state index < -0.39 is 0 Å². The lowest BCUT2D eigenvalue weighted by molar-refractivity contribution is -0.179. The van der Waals surface area contributed by atoms with Crippen molar-refractivity contribution in [1.82, 2.24) is 0 Å². The summed E-state index contributed by atoms with van der Waals surface area (Å²) >= 11 is 0. The second-order valence-electron chi connectivity index (χ2n) is 6.71. The Morgan fingerprint density at radius 1 is 0.944 bits per heavy atom. The third-order valence-corrected chi connectivity index (χ3v) is 5.69. The second kappa shape index (κ2) is 5.22. The monoisotopic (exact) mass is 250 g/mol. The van der Waals surface area contributed by atoms with Crippen molar-refractivity contribution in [3.8, 4) is 0 Å². The van der Waals surface area contributed by atoms with Crippen LogP contribution in [-0.4, -0.2) is 12.1 Å². The molecule has 2 aliphatic carbocycles. The van der Waals surface area contributed by atoms with Crippen LogP contribution in [0.5, 0.6) is 0 Å². The van der Waals surface area contributed by atoms with Crippen LogP contribution in [0.15, 0.2) is 0 Å². The summed E-state index contributed by atoms with van der Waals surface area (Å²) in [6.07, 6.45) is 11.7. The van der Waals surface area contributed by atoms with E-state index in [9.17, 15) is 4.79 Å². The Morgan fingerprint density at radius 3 is 2.39 bits per heavy atom. The number of ether oxygens (including phenoxy) is 1. The van der Waals surface area contributed by atoms with Gasteiger partial charge in [-0.25, -0.2) is 0 Å². The van der Waals surface area contributed by atoms with E-state index in [-0.39, 0.29) is 18.0 Å². The van der Waals surface area contributed by atoms with Gasteiger partial charge in [0, 0.05) is 0 Å². The summed E-state index contributed by atoms with van der Waals surface area (Å²) in [6, 6.07) is 0. The largest absolute Gasteiger partial charge is 0.462 e. The molecular weight excluding hydrogens is 224 g/mol. The van der Waals surface area contributed by atoms with Crippen LogP contribution in [-0.2, 0) is 9.53 Å². The van der Waals surface area contributed by atoms with E-state index in [1.807, 2.05) is 0 Å². The Balaban J connectivity index is 1.74. The summed E-state index contributed by atoms with van der Waals surface area (Å²) in [4.78, 5) is 12.3. The first-order valence-corrected chi connectivity index (χ1v) is 7.98. The van der Waals surface area contributed by atoms with Gasteiger partial charge in [0.25, 0.3) is 0 Å². The fraction of sp³-hybridized carbons (Fsp3) is 0.938. The number of esters is 1. The van der Waals surface area contributed by atoms with Crippen molar-refractivity contribution in [2.75, 3.05) is 0 Å². The molecule has 18 heavy (non-hydrogen) atoms. The smallest absolute Gasteiger partial charge is 0.309 e. The number of rotatable bonds is 1. The molecule has 3 aliphatic rings. The Labute approximate surface area is 110 Å². The first-order valence-electron chi connectivity index (χ1n) is 7.98. The van der Waals surface area contributed by atoms with Crippen LogP contribution in [0.2, 0.25) is 0 Å². The highest BCUT2D eigenvalue weighted by Gasteiger charge is 2.47. The van der Waals surface area contributed by atoms with Crippen LogP contribution in [0, 0.1) is 23.7 Å². The molecule has 0 bridgehead atoms. The van der Waals surface area contributed by atoms with Crippen molar-refractivity contribution >= 4 is 5.97 Å². The zero-order valence-corrected chi connectivity index (χ0v) is 11.6. The van der Waals surface area contributed by atoms with Crippen LogP contribution < -0.4 is 0 Å². The molecular formula is C16H26O2. The molecule has 1 aliphatic heterocycles. The molecule has 3 fully saturated rings. The third-order valence-electron chi connectivity index (χ3n) is 5.69. The van der Waals surface area contributed by atoms with Gasteiger partial charge in [0.05, 0.1) is 5.92 Å². The molecule has 2 saturated carbocycles. The van der Waals surface area contributed by atoms with E-state index >= 15 is 0 Å². The van der Waals surface area contributed by atoms with Crippen LogP contribution in [0.25, 0.3) is 0 Å². The molecule has 0 spiro atoms. The Bertz CT molecular complexity index is 306. The third kappa shape index (κ3) is 2.19. The Morgan fingerprint density at radius 2 is 1.61 bits per heavy atom. The average molecular weight is 250 g/mol. The van der Waals surface area contributed by atoms with Crippen molar-refractivity contribution in [2.24, 2.45) is 23.7 Å². The second-order valence-corrected chi connectivity index (χ2v) is 6.71. The normalized spacial score (nSPS) is 42.2. The fourth-order valence-corrected chi connectivity index (χ4v) is 4.70. The van der Waals surface area contributed by atoms with Crippen LogP contribution in [0.1, 0.15) is 64.7 Å². The number of carbonyl (C=O) groups is 1. The fourth-order valence-electron chi connectivity index (χ4n) is 4.70. The van der Waals surface area contributed by atoms with Crippen molar-refractivity contribution in [3.05, 3.63) is 0 Å². The zero-order valence-electron chi connectivity index (χ0n) is 11.6. The van der Waals surface area contributed by atoms with Gasteiger partial charge in [-0.3, -0.25) is 4.79 Å². The lowest BCUT2D eigenvalue weighted by Gasteiger charge is -2.46. The standard InChI is InChI=1S/C16H26O2/c1-11-13-9-5-6-10-14(13)18-16(17)15(11)12-7-3-2-4-8-12/h11-15H,2-10H2,1H3/t11-,13?,14?,15+/m1/s1. The molecule has 2 nitrogen and oxygen atoms in total. The maximum absolute atomic E-state index is 12.3. The average Bonchev–Trinajstić information content (AvgIpc) is 2.40. The van der Waals surface area contributed by atoms with Crippen LogP contribution in [0.3, 0.4) is 0 Å². The minimum atomic E-state index is 0.137. The summed E-state index contributed by atoms with van der Waals surface area (Å²) in [5, 5.41) is 0. The van der Waals surface area contributed by atoms with E-state index in [1.165, 1.54) is 51.4 Å².